The van der Waals surface area contributed by atoms with Gasteiger partial charge in [0.1, 0.15) is 6.10 Å². The van der Waals surface area contributed by atoms with Gasteiger partial charge in [0, 0.05) is 18.6 Å². The van der Waals surface area contributed by atoms with E-state index in [1.165, 1.54) is 6.07 Å². The van der Waals surface area contributed by atoms with Crippen LogP contribution >= 0.6 is 0 Å². The Balaban J connectivity index is 2.03. The third-order valence-electron chi connectivity index (χ3n) is 4.55. The number of halogens is 3. The van der Waals surface area contributed by atoms with Crippen LogP contribution in [0.4, 0.5) is 13.2 Å². The van der Waals surface area contributed by atoms with E-state index in [1.54, 1.807) is 0 Å². The van der Waals surface area contributed by atoms with E-state index in [2.05, 4.69) is 0 Å². The second-order valence-electron chi connectivity index (χ2n) is 6.14. The van der Waals surface area contributed by atoms with Gasteiger partial charge in [-0.05, 0) is 30.5 Å². The zero-order valence-corrected chi connectivity index (χ0v) is 12.8. The fourth-order valence-corrected chi connectivity index (χ4v) is 3.39. The number of rotatable bonds is 2. The molecule has 2 aliphatic rings. The summed E-state index contributed by atoms with van der Waals surface area (Å²) < 4.78 is 50.2. The van der Waals surface area contributed by atoms with E-state index in [-0.39, 0.29) is 38.0 Å². The highest BCUT2D eigenvalue weighted by molar-refractivity contribution is 5.39. The van der Waals surface area contributed by atoms with E-state index in [4.69, 9.17) is 14.6 Å². The molecule has 1 spiro atoms. The first-order valence-electron chi connectivity index (χ1n) is 7.77. The minimum absolute atomic E-state index is 0.0595. The van der Waals surface area contributed by atoms with E-state index in [0.717, 1.165) is 12.1 Å². The van der Waals surface area contributed by atoms with Crippen molar-refractivity contribution in [3.63, 3.8) is 0 Å². The Morgan fingerprint density at radius 2 is 2.00 bits per heavy atom. The van der Waals surface area contributed by atoms with Gasteiger partial charge in [0.25, 0.3) is 0 Å². The van der Waals surface area contributed by atoms with Crippen molar-refractivity contribution in [3.8, 4) is 0 Å². The molecule has 0 aliphatic carbocycles. The van der Waals surface area contributed by atoms with Gasteiger partial charge in [-0.2, -0.15) is 13.2 Å². The van der Waals surface area contributed by atoms with Crippen LogP contribution in [0.25, 0.3) is 0 Å². The summed E-state index contributed by atoms with van der Waals surface area (Å²) in [5, 5.41) is 29.6. The molecule has 8 heteroatoms. The Bertz CT molecular complexity index is 606. The van der Waals surface area contributed by atoms with Crippen LogP contribution in [0.3, 0.4) is 0 Å². The molecule has 3 N–H and O–H groups in total. The van der Waals surface area contributed by atoms with Gasteiger partial charge in [0.05, 0.1) is 24.4 Å². The van der Waals surface area contributed by atoms with E-state index in [1.807, 2.05) is 0 Å². The molecule has 1 aromatic rings. The Hall–Kier alpha value is -1.19. The van der Waals surface area contributed by atoms with Gasteiger partial charge in [-0.25, -0.2) is 0 Å². The van der Waals surface area contributed by atoms with E-state index >= 15 is 0 Å². The minimum atomic E-state index is -4.47. The van der Waals surface area contributed by atoms with Crippen molar-refractivity contribution in [2.45, 2.75) is 49.5 Å². The number of aliphatic hydroxyl groups excluding tert-OH is 3. The molecule has 0 bridgehead atoms. The number of hydrogen-bond acceptors (Lipinski definition) is 5. The van der Waals surface area contributed by atoms with Crippen LogP contribution in [0, 0.1) is 0 Å². The fourth-order valence-electron chi connectivity index (χ4n) is 3.39. The predicted octanol–water partition coefficient (Wildman–Crippen LogP) is 1.32. The highest BCUT2D eigenvalue weighted by atomic mass is 19.4. The summed E-state index contributed by atoms with van der Waals surface area (Å²) in [4.78, 5) is 0. The highest BCUT2D eigenvalue weighted by Gasteiger charge is 2.53. The van der Waals surface area contributed by atoms with Crippen LogP contribution in [0.2, 0.25) is 0 Å². The quantitative estimate of drug-likeness (QED) is 0.751. The Morgan fingerprint density at radius 1 is 1.25 bits per heavy atom. The van der Waals surface area contributed by atoms with Crippen LogP contribution < -0.4 is 0 Å². The lowest BCUT2D eigenvalue weighted by molar-refractivity contribution is -0.355. The van der Waals surface area contributed by atoms with Gasteiger partial charge in [-0.1, -0.05) is 6.07 Å². The maximum atomic E-state index is 12.9. The summed E-state index contributed by atoms with van der Waals surface area (Å²) in [5.41, 5.74) is -0.126. The summed E-state index contributed by atoms with van der Waals surface area (Å²) in [6, 6.07) is 3.17. The fraction of sp³-hybridized carbons (Fsp3) is 0.625. The highest BCUT2D eigenvalue weighted by Crippen LogP contribution is 2.45. The van der Waals surface area contributed by atoms with Crippen molar-refractivity contribution in [1.82, 2.24) is 0 Å². The molecular weight excluding hydrogens is 329 g/mol. The first-order valence-corrected chi connectivity index (χ1v) is 7.77. The van der Waals surface area contributed by atoms with Crippen molar-refractivity contribution in [3.05, 3.63) is 34.9 Å². The molecule has 0 aromatic heterocycles. The lowest BCUT2D eigenvalue weighted by atomic mass is 9.84. The Kier molecular flexibility index (Phi) is 4.61. The molecule has 2 aliphatic heterocycles. The van der Waals surface area contributed by atoms with Gasteiger partial charge in [-0.15, -0.1) is 0 Å². The Labute approximate surface area is 136 Å². The molecule has 0 radical (unpaired) electrons. The van der Waals surface area contributed by atoms with Gasteiger partial charge >= 0.3 is 6.18 Å². The smallest absolute Gasteiger partial charge is 0.396 e. The summed E-state index contributed by atoms with van der Waals surface area (Å²) in [6.07, 6.45) is -7.04. The predicted molar refractivity (Wildman–Crippen MR) is 76.0 cm³/mol. The van der Waals surface area contributed by atoms with Crippen LogP contribution in [-0.2, 0) is 27.9 Å². The van der Waals surface area contributed by atoms with Crippen LogP contribution in [-0.4, -0.2) is 46.8 Å². The van der Waals surface area contributed by atoms with Gasteiger partial charge in [-0.3, -0.25) is 0 Å². The number of fused-ring (bicyclic) bond motifs is 2. The molecule has 4 atom stereocenters. The Morgan fingerprint density at radius 3 is 2.67 bits per heavy atom. The second-order valence-corrected chi connectivity index (χ2v) is 6.14. The lowest BCUT2D eigenvalue weighted by Crippen LogP contribution is -2.59. The zero-order valence-electron chi connectivity index (χ0n) is 12.8. The monoisotopic (exact) mass is 348 g/mol. The van der Waals surface area contributed by atoms with Crippen molar-refractivity contribution in [2.75, 3.05) is 13.2 Å². The molecule has 24 heavy (non-hydrogen) atoms. The van der Waals surface area contributed by atoms with Gasteiger partial charge in [0.2, 0.25) is 5.79 Å². The zero-order chi connectivity index (χ0) is 17.5. The number of alkyl halides is 3. The molecule has 3 rings (SSSR count). The molecule has 1 aromatic carbocycles. The number of hydrogen-bond donors (Lipinski definition) is 3. The third kappa shape index (κ3) is 2.93. The van der Waals surface area contributed by atoms with Crippen LogP contribution in [0.15, 0.2) is 18.2 Å². The molecule has 134 valence electrons. The molecule has 5 nitrogen and oxygen atoms in total. The molecule has 0 unspecified atom stereocenters. The second kappa shape index (κ2) is 6.27. The standard InChI is InChI=1S/C16H19F3O5/c17-16(18,19)10-1-2-12-9(7-10)4-6-23-15(12)14(22)13(21)8-11(24-15)3-5-20/h1-2,7,11,13-14,20-22H,3-6,8H2/t11-,13+,14-,15+/m1/s1. The molecular formula is C16H19F3O5. The first-order chi connectivity index (χ1) is 11.3. The number of benzene rings is 1. The van der Waals surface area contributed by atoms with Gasteiger partial charge in [0.15, 0.2) is 0 Å². The van der Waals surface area contributed by atoms with E-state index < -0.39 is 35.8 Å². The van der Waals surface area contributed by atoms with Crippen LogP contribution in [0.1, 0.15) is 29.5 Å². The van der Waals surface area contributed by atoms with Crippen molar-refractivity contribution in [2.24, 2.45) is 0 Å². The molecule has 0 saturated carbocycles. The SMILES string of the molecule is OCC[C@@H]1C[C@H](O)[C@@H](O)[C@@]2(OCCc3cc(C(F)(F)F)ccc32)O1. The van der Waals surface area contributed by atoms with Crippen molar-refractivity contribution < 1.29 is 38.0 Å². The summed E-state index contributed by atoms with van der Waals surface area (Å²) in [7, 11) is 0. The topological polar surface area (TPSA) is 79.2 Å². The van der Waals surface area contributed by atoms with E-state index in [0.29, 0.717) is 5.56 Å². The maximum Gasteiger partial charge on any atom is 0.416 e. The van der Waals surface area contributed by atoms with Crippen LogP contribution in [0.5, 0.6) is 0 Å². The molecule has 0 amide bonds. The molecule has 2 heterocycles. The largest absolute Gasteiger partial charge is 0.416 e. The average Bonchev–Trinajstić information content (AvgIpc) is 2.52. The summed E-state index contributed by atoms with van der Waals surface area (Å²) in [5.74, 6) is -1.71. The first kappa shape index (κ1) is 17.6. The van der Waals surface area contributed by atoms with E-state index in [9.17, 15) is 23.4 Å². The summed E-state index contributed by atoms with van der Waals surface area (Å²) >= 11 is 0. The normalized spacial score (nSPS) is 33.5. The van der Waals surface area contributed by atoms with Crippen molar-refractivity contribution in [1.29, 1.82) is 0 Å². The summed E-state index contributed by atoms with van der Waals surface area (Å²) in [6.45, 7) is -0.118. The molecule has 1 saturated heterocycles. The van der Waals surface area contributed by atoms with Crippen molar-refractivity contribution >= 4 is 0 Å². The minimum Gasteiger partial charge on any atom is -0.396 e. The average molecular weight is 348 g/mol. The maximum absolute atomic E-state index is 12.9. The van der Waals surface area contributed by atoms with Gasteiger partial charge < -0.3 is 24.8 Å². The third-order valence-corrected chi connectivity index (χ3v) is 4.55. The molecule has 1 fully saturated rings. The lowest BCUT2D eigenvalue weighted by Gasteiger charge is -2.49. The number of aliphatic hydroxyl groups is 3. The number of ether oxygens (including phenoxy) is 2.